The van der Waals surface area contributed by atoms with Gasteiger partial charge in [0.1, 0.15) is 5.82 Å². The molecule has 0 amide bonds. The van der Waals surface area contributed by atoms with E-state index in [1.807, 2.05) is 0 Å². The second-order valence-corrected chi connectivity index (χ2v) is 5.35. The van der Waals surface area contributed by atoms with Crippen LogP contribution in [0.1, 0.15) is 19.3 Å². The average molecular weight is 284 g/mol. The summed E-state index contributed by atoms with van der Waals surface area (Å²) < 4.78 is 0.944. The van der Waals surface area contributed by atoms with Crippen LogP contribution in [0.25, 0.3) is 0 Å². The maximum absolute atomic E-state index is 5.33. The minimum absolute atomic E-state index is 0.473. The molecule has 2 unspecified atom stereocenters. The summed E-state index contributed by atoms with van der Waals surface area (Å²) in [6.07, 6.45) is 5.71. The zero-order valence-corrected chi connectivity index (χ0v) is 10.4. The number of piperidine rings is 1. The van der Waals surface area contributed by atoms with E-state index in [1.54, 1.807) is 6.20 Å². The van der Waals surface area contributed by atoms with Crippen LogP contribution in [0.15, 0.2) is 10.7 Å². The molecule has 0 radical (unpaired) electrons. The van der Waals surface area contributed by atoms with Gasteiger partial charge in [0.05, 0.1) is 4.47 Å². The second-order valence-electron chi connectivity index (χ2n) is 4.49. The van der Waals surface area contributed by atoms with Crippen molar-refractivity contribution in [1.29, 1.82) is 0 Å². The lowest BCUT2D eigenvalue weighted by Gasteiger charge is -2.28. The van der Waals surface area contributed by atoms with Gasteiger partial charge in [0.25, 0.3) is 0 Å². The number of aromatic nitrogens is 2. The Kier molecular flexibility index (Phi) is 2.48. The number of nitrogens with zero attached hydrogens (tertiary/aromatic N) is 3. The van der Waals surface area contributed by atoms with Crippen LogP contribution in [0.2, 0.25) is 0 Å². The van der Waals surface area contributed by atoms with Crippen LogP contribution in [0.5, 0.6) is 0 Å². The average Bonchev–Trinajstić information content (AvgIpc) is 2.91. The maximum atomic E-state index is 5.33. The molecule has 16 heavy (non-hydrogen) atoms. The highest BCUT2D eigenvalue weighted by atomic mass is 79.9. The van der Waals surface area contributed by atoms with Crippen LogP contribution in [0, 0.1) is 5.92 Å². The first-order chi connectivity index (χ1) is 7.78. The van der Waals surface area contributed by atoms with Crippen molar-refractivity contribution < 1.29 is 0 Å². The molecule has 2 fully saturated rings. The number of hydrogen-bond donors (Lipinski definition) is 2. The van der Waals surface area contributed by atoms with Gasteiger partial charge in [-0.2, -0.15) is 4.98 Å². The summed E-state index contributed by atoms with van der Waals surface area (Å²) in [6, 6.07) is 0.654. The van der Waals surface area contributed by atoms with Crippen molar-refractivity contribution in [2.24, 2.45) is 11.8 Å². The zero-order chi connectivity index (χ0) is 11.1. The van der Waals surface area contributed by atoms with Crippen LogP contribution in [0.4, 0.5) is 11.8 Å². The molecular formula is C10H14BrN5. The third-order valence-corrected chi connectivity index (χ3v) is 4.10. The lowest BCUT2D eigenvalue weighted by molar-refractivity contribution is 0.549. The summed E-state index contributed by atoms with van der Waals surface area (Å²) in [5.41, 5.74) is 2.49. The van der Waals surface area contributed by atoms with Gasteiger partial charge in [-0.15, -0.1) is 0 Å². The highest BCUT2D eigenvalue weighted by molar-refractivity contribution is 9.10. The molecule has 2 atom stereocenters. The lowest BCUT2D eigenvalue weighted by atomic mass is 10.1. The molecule has 0 spiro atoms. The van der Waals surface area contributed by atoms with Gasteiger partial charge in [0, 0.05) is 18.8 Å². The number of fused-ring (bicyclic) bond motifs is 2. The largest absolute Gasteiger partial charge is 0.352 e. The van der Waals surface area contributed by atoms with Gasteiger partial charge in [-0.25, -0.2) is 10.8 Å². The SMILES string of the molecule is NNc1ncc(Br)c(N2CC3CCC2C3)n1. The van der Waals surface area contributed by atoms with Crippen molar-refractivity contribution in [2.75, 3.05) is 16.9 Å². The molecule has 1 aromatic rings. The normalized spacial score (nSPS) is 27.5. The van der Waals surface area contributed by atoms with E-state index in [0.717, 1.165) is 22.8 Å². The van der Waals surface area contributed by atoms with E-state index >= 15 is 0 Å². The summed E-state index contributed by atoms with van der Waals surface area (Å²) >= 11 is 3.51. The molecule has 1 aliphatic carbocycles. The predicted octanol–water partition coefficient (Wildman–Crippen LogP) is 1.51. The quantitative estimate of drug-likeness (QED) is 0.636. The predicted molar refractivity (Wildman–Crippen MR) is 66.0 cm³/mol. The fourth-order valence-electron chi connectivity index (χ4n) is 2.81. The first-order valence-corrected chi connectivity index (χ1v) is 6.33. The molecule has 3 N–H and O–H groups in total. The molecule has 1 aromatic heterocycles. The van der Waals surface area contributed by atoms with E-state index in [4.69, 9.17) is 5.84 Å². The fourth-order valence-corrected chi connectivity index (χ4v) is 3.23. The monoisotopic (exact) mass is 283 g/mol. The number of nitrogens with one attached hydrogen (secondary N) is 1. The Morgan fingerprint density at radius 3 is 3.00 bits per heavy atom. The Hall–Kier alpha value is -0.880. The Labute approximate surface area is 103 Å². The number of nitrogen functional groups attached to an aromatic ring is 1. The topological polar surface area (TPSA) is 67.1 Å². The van der Waals surface area contributed by atoms with Gasteiger partial charge in [-0.3, -0.25) is 5.43 Å². The molecule has 6 heteroatoms. The highest BCUT2D eigenvalue weighted by Gasteiger charge is 2.39. The Morgan fingerprint density at radius 2 is 2.38 bits per heavy atom. The number of hydrogen-bond acceptors (Lipinski definition) is 5. The number of halogens is 1. The molecule has 2 aliphatic rings. The minimum atomic E-state index is 0.473. The van der Waals surface area contributed by atoms with E-state index in [2.05, 4.69) is 36.2 Å². The van der Waals surface area contributed by atoms with Gasteiger partial charge in [-0.05, 0) is 41.1 Å². The van der Waals surface area contributed by atoms with E-state index in [-0.39, 0.29) is 0 Å². The molecular weight excluding hydrogens is 270 g/mol. The van der Waals surface area contributed by atoms with Crippen molar-refractivity contribution in [1.82, 2.24) is 9.97 Å². The van der Waals surface area contributed by atoms with Crippen molar-refractivity contribution >= 4 is 27.7 Å². The summed E-state index contributed by atoms with van der Waals surface area (Å²) in [7, 11) is 0. The van der Waals surface area contributed by atoms with Crippen molar-refractivity contribution in [3.05, 3.63) is 10.7 Å². The highest BCUT2D eigenvalue weighted by Crippen LogP contribution is 2.41. The maximum Gasteiger partial charge on any atom is 0.239 e. The molecule has 2 bridgehead atoms. The minimum Gasteiger partial charge on any atom is -0.352 e. The Balaban J connectivity index is 1.93. The van der Waals surface area contributed by atoms with Crippen molar-refractivity contribution in [3.8, 4) is 0 Å². The third-order valence-electron chi connectivity index (χ3n) is 3.54. The van der Waals surface area contributed by atoms with Crippen LogP contribution >= 0.6 is 15.9 Å². The summed E-state index contributed by atoms with van der Waals surface area (Å²) in [5, 5.41) is 0. The summed E-state index contributed by atoms with van der Waals surface area (Å²) in [6.45, 7) is 1.12. The summed E-state index contributed by atoms with van der Waals surface area (Å²) in [4.78, 5) is 10.9. The van der Waals surface area contributed by atoms with Gasteiger partial charge in [-0.1, -0.05) is 0 Å². The lowest BCUT2D eigenvalue weighted by Crippen LogP contribution is -2.33. The molecule has 1 saturated carbocycles. The standard InChI is InChI=1S/C10H14BrN5/c11-8-4-13-10(15-12)14-9(8)16-5-6-1-2-7(16)3-6/h4,6-7H,1-3,5,12H2,(H,13,14,15). The molecule has 5 nitrogen and oxygen atoms in total. The Morgan fingerprint density at radius 1 is 1.50 bits per heavy atom. The number of nitrogens with two attached hydrogens (primary N) is 1. The van der Waals surface area contributed by atoms with Crippen LogP contribution in [-0.4, -0.2) is 22.6 Å². The van der Waals surface area contributed by atoms with Crippen molar-refractivity contribution in [2.45, 2.75) is 25.3 Å². The third kappa shape index (κ3) is 1.56. The number of rotatable bonds is 2. The van der Waals surface area contributed by atoms with Gasteiger partial charge in [0.15, 0.2) is 0 Å². The number of hydrazine groups is 1. The molecule has 3 rings (SSSR count). The van der Waals surface area contributed by atoms with Gasteiger partial charge < -0.3 is 4.90 Å². The Bertz CT molecular complexity index is 410. The molecule has 1 saturated heterocycles. The second kappa shape index (κ2) is 3.85. The molecule has 0 aromatic carbocycles. The van der Waals surface area contributed by atoms with E-state index in [0.29, 0.717) is 12.0 Å². The molecule has 1 aliphatic heterocycles. The number of anilines is 2. The first-order valence-electron chi connectivity index (χ1n) is 5.53. The summed E-state index contributed by atoms with van der Waals surface area (Å²) in [5.74, 6) is 7.62. The van der Waals surface area contributed by atoms with Gasteiger partial charge >= 0.3 is 0 Å². The molecule has 2 heterocycles. The van der Waals surface area contributed by atoms with Crippen LogP contribution in [0.3, 0.4) is 0 Å². The van der Waals surface area contributed by atoms with E-state index in [9.17, 15) is 0 Å². The van der Waals surface area contributed by atoms with E-state index < -0.39 is 0 Å². The smallest absolute Gasteiger partial charge is 0.239 e. The first kappa shape index (κ1) is 10.3. The van der Waals surface area contributed by atoms with Crippen molar-refractivity contribution in [3.63, 3.8) is 0 Å². The van der Waals surface area contributed by atoms with E-state index in [1.165, 1.54) is 19.3 Å². The molecule has 86 valence electrons. The van der Waals surface area contributed by atoms with Gasteiger partial charge in [0.2, 0.25) is 5.95 Å². The fraction of sp³-hybridized carbons (Fsp3) is 0.600. The van der Waals surface area contributed by atoms with Crippen LogP contribution in [-0.2, 0) is 0 Å². The zero-order valence-electron chi connectivity index (χ0n) is 8.86. The van der Waals surface area contributed by atoms with Crippen LogP contribution < -0.4 is 16.2 Å².